The molecule has 0 radical (unpaired) electrons. The number of aliphatic hydroxyl groups is 1. The van der Waals surface area contributed by atoms with Crippen LogP contribution in [-0.4, -0.2) is 23.7 Å². The van der Waals surface area contributed by atoms with Gasteiger partial charge in [-0.1, -0.05) is 0 Å². The second kappa shape index (κ2) is 4.02. The zero-order chi connectivity index (χ0) is 10.9. The largest absolute Gasteiger partial charge is 0.496 e. The highest BCUT2D eigenvalue weighted by Gasteiger charge is 2.36. The van der Waals surface area contributed by atoms with Crippen molar-refractivity contribution in [1.29, 1.82) is 0 Å². The van der Waals surface area contributed by atoms with E-state index in [0.717, 1.165) is 5.75 Å². The molecule has 1 atom stereocenters. The van der Waals surface area contributed by atoms with Crippen LogP contribution < -0.4 is 4.74 Å². The van der Waals surface area contributed by atoms with E-state index < -0.39 is 5.60 Å². The first-order valence-corrected chi connectivity index (χ1v) is 5.95. The van der Waals surface area contributed by atoms with E-state index in [4.69, 9.17) is 4.74 Å². The summed E-state index contributed by atoms with van der Waals surface area (Å²) in [6.45, 7) is 0. The van der Waals surface area contributed by atoms with Crippen LogP contribution in [0.4, 0.5) is 4.39 Å². The second-order valence-corrected chi connectivity index (χ2v) is 4.78. The van der Waals surface area contributed by atoms with E-state index in [1.807, 2.05) is 0 Å². The Bertz CT molecular complexity index is 362. The van der Waals surface area contributed by atoms with Crippen molar-refractivity contribution >= 4 is 11.8 Å². The molecule has 0 spiro atoms. The van der Waals surface area contributed by atoms with E-state index in [1.54, 1.807) is 17.8 Å². The highest BCUT2D eigenvalue weighted by atomic mass is 32.2. The van der Waals surface area contributed by atoms with Crippen LogP contribution in [0.2, 0.25) is 0 Å². The Labute approximate surface area is 92.4 Å². The first kappa shape index (κ1) is 10.8. The number of thioether (sulfide) groups is 1. The third kappa shape index (κ3) is 1.96. The Hall–Kier alpha value is -0.740. The normalized spacial score (nSPS) is 25.5. The maximum Gasteiger partial charge on any atom is 0.127 e. The number of methoxy groups -OCH3 is 1. The molecule has 15 heavy (non-hydrogen) atoms. The SMILES string of the molecule is COc1cc(F)ccc1C1(O)CCSC1. The lowest BCUT2D eigenvalue weighted by Crippen LogP contribution is -2.25. The van der Waals surface area contributed by atoms with Crippen LogP contribution in [0.3, 0.4) is 0 Å². The Kier molecular flexibility index (Phi) is 2.89. The first-order chi connectivity index (χ1) is 7.15. The lowest BCUT2D eigenvalue weighted by atomic mass is 9.92. The Morgan fingerprint density at radius 3 is 2.93 bits per heavy atom. The van der Waals surface area contributed by atoms with Gasteiger partial charge in [0.25, 0.3) is 0 Å². The molecule has 2 rings (SSSR count). The molecule has 1 aromatic carbocycles. The highest BCUT2D eigenvalue weighted by molar-refractivity contribution is 7.99. The first-order valence-electron chi connectivity index (χ1n) is 4.80. The molecule has 0 aromatic heterocycles. The van der Waals surface area contributed by atoms with Gasteiger partial charge < -0.3 is 9.84 Å². The summed E-state index contributed by atoms with van der Waals surface area (Å²) in [5.41, 5.74) is -0.166. The maximum absolute atomic E-state index is 13.0. The summed E-state index contributed by atoms with van der Waals surface area (Å²) in [5, 5.41) is 10.3. The minimum absolute atomic E-state index is 0.343. The van der Waals surface area contributed by atoms with Gasteiger partial charge in [-0.05, 0) is 24.3 Å². The smallest absolute Gasteiger partial charge is 0.127 e. The molecule has 1 heterocycles. The van der Waals surface area contributed by atoms with E-state index in [0.29, 0.717) is 23.5 Å². The minimum atomic E-state index is -0.857. The van der Waals surface area contributed by atoms with Gasteiger partial charge in [-0.3, -0.25) is 0 Å². The quantitative estimate of drug-likeness (QED) is 0.841. The molecule has 0 aliphatic carbocycles. The molecule has 1 saturated heterocycles. The van der Waals surface area contributed by atoms with Gasteiger partial charge in [0.2, 0.25) is 0 Å². The van der Waals surface area contributed by atoms with Gasteiger partial charge in [-0.25, -0.2) is 4.39 Å². The summed E-state index contributed by atoms with van der Waals surface area (Å²) in [7, 11) is 1.49. The molecule has 1 aromatic rings. The van der Waals surface area contributed by atoms with Gasteiger partial charge in [0.05, 0.1) is 7.11 Å². The van der Waals surface area contributed by atoms with Crippen LogP contribution in [0.5, 0.6) is 5.75 Å². The number of benzene rings is 1. The van der Waals surface area contributed by atoms with Gasteiger partial charge in [-0.2, -0.15) is 11.8 Å². The topological polar surface area (TPSA) is 29.5 Å². The summed E-state index contributed by atoms with van der Waals surface area (Å²) in [6, 6.07) is 4.29. The lowest BCUT2D eigenvalue weighted by Gasteiger charge is -2.24. The third-order valence-electron chi connectivity index (χ3n) is 2.67. The summed E-state index contributed by atoms with van der Waals surface area (Å²) in [5.74, 6) is 1.66. The van der Waals surface area contributed by atoms with Crippen LogP contribution in [0.15, 0.2) is 18.2 Å². The predicted molar refractivity (Wildman–Crippen MR) is 58.8 cm³/mol. The van der Waals surface area contributed by atoms with Crippen molar-refractivity contribution in [2.45, 2.75) is 12.0 Å². The standard InChI is InChI=1S/C11H13FO2S/c1-14-10-6-8(12)2-3-9(10)11(13)4-5-15-7-11/h2-3,6,13H,4-5,7H2,1H3. The van der Waals surface area contributed by atoms with Crippen molar-refractivity contribution in [2.75, 3.05) is 18.6 Å². The maximum atomic E-state index is 13.0. The Morgan fingerprint density at radius 1 is 1.53 bits per heavy atom. The van der Waals surface area contributed by atoms with E-state index in [2.05, 4.69) is 0 Å². The van der Waals surface area contributed by atoms with Gasteiger partial charge in [0, 0.05) is 17.4 Å². The van der Waals surface area contributed by atoms with Crippen LogP contribution >= 0.6 is 11.8 Å². The van der Waals surface area contributed by atoms with E-state index >= 15 is 0 Å². The molecule has 4 heteroatoms. The summed E-state index contributed by atoms with van der Waals surface area (Å²) in [4.78, 5) is 0. The average molecular weight is 228 g/mol. The Morgan fingerprint density at radius 2 is 2.33 bits per heavy atom. The molecule has 82 valence electrons. The molecule has 2 nitrogen and oxygen atoms in total. The molecule has 1 aliphatic heterocycles. The summed E-state index contributed by atoms with van der Waals surface area (Å²) >= 11 is 1.70. The van der Waals surface area contributed by atoms with Crippen molar-refractivity contribution in [3.05, 3.63) is 29.6 Å². The van der Waals surface area contributed by atoms with Crippen LogP contribution in [0, 0.1) is 5.82 Å². The lowest BCUT2D eigenvalue weighted by molar-refractivity contribution is 0.0629. The van der Waals surface area contributed by atoms with Crippen LogP contribution in [0.1, 0.15) is 12.0 Å². The molecule has 1 N–H and O–H groups in total. The summed E-state index contributed by atoms with van der Waals surface area (Å²) in [6.07, 6.45) is 0.694. The molecule has 1 unspecified atom stereocenters. The van der Waals surface area contributed by atoms with Crippen molar-refractivity contribution in [3.8, 4) is 5.75 Å². The summed E-state index contributed by atoms with van der Waals surface area (Å²) < 4.78 is 18.1. The third-order valence-corrected chi connectivity index (χ3v) is 3.84. The van der Waals surface area contributed by atoms with E-state index in [1.165, 1.54) is 19.2 Å². The highest BCUT2D eigenvalue weighted by Crippen LogP contribution is 2.40. The van der Waals surface area contributed by atoms with Crippen LogP contribution in [0.25, 0.3) is 0 Å². The minimum Gasteiger partial charge on any atom is -0.496 e. The van der Waals surface area contributed by atoms with Crippen molar-refractivity contribution < 1.29 is 14.2 Å². The van der Waals surface area contributed by atoms with Crippen molar-refractivity contribution in [1.82, 2.24) is 0 Å². The van der Waals surface area contributed by atoms with Gasteiger partial charge in [-0.15, -0.1) is 0 Å². The van der Waals surface area contributed by atoms with Crippen molar-refractivity contribution in [2.24, 2.45) is 0 Å². The number of hydrogen-bond acceptors (Lipinski definition) is 3. The molecule has 1 aliphatic rings. The number of ether oxygens (including phenoxy) is 1. The van der Waals surface area contributed by atoms with Crippen LogP contribution in [-0.2, 0) is 5.60 Å². The van der Waals surface area contributed by atoms with Crippen molar-refractivity contribution in [3.63, 3.8) is 0 Å². The molecular formula is C11H13FO2S. The molecule has 1 fully saturated rings. The molecule has 0 saturated carbocycles. The molecular weight excluding hydrogens is 215 g/mol. The second-order valence-electron chi connectivity index (χ2n) is 3.68. The fourth-order valence-corrected chi connectivity index (χ4v) is 3.08. The molecule has 0 bridgehead atoms. The number of hydrogen-bond donors (Lipinski definition) is 1. The zero-order valence-electron chi connectivity index (χ0n) is 8.50. The van der Waals surface area contributed by atoms with E-state index in [9.17, 15) is 9.50 Å². The predicted octanol–water partition coefficient (Wildman–Crippen LogP) is 2.16. The van der Waals surface area contributed by atoms with Gasteiger partial charge in [0.1, 0.15) is 17.2 Å². The Balaban J connectivity index is 2.42. The number of rotatable bonds is 2. The monoisotopic (exact) mass is 228 g/mol. The number of halogens is 1. The molecule has 0 amide bonds. The fourth-order valence-electron chi connectivity index (χ4n) is 1.82. The van der Waals surface area contributed by atoms with Gasteiger partial charge in [0.15, 0.2) is 0 Å². The average Bonchev–Trinajstić information content (AvgIpc) is 2.66. The zero-order valence-corrected chi connectivity index (χ0v) is 9.31. The van der Waals surface area contributed by atoms with E-state index in [-0.39, 0.29) is 5.82 Å². The fraction of sp³-hybridized carbons (Fsp3) is 0.455. The van der Waals surface area contributed by atoms with Gasteiger partial charge >= 0.3 is 0 Å².